The molecule has 0 aromatic heterocycles. The molecule has 0 bridgehead atoms. The van der Waals surface area contributed by atoms with Crippen LogP contribution in [0.4, 0.5) is 0 Å². The summed E-state index contributed by atoms with van der Waals surface area (Å²) in [7, 11) is 0. The number of hydrogen-bond acceptors (Lipinski definition) is 3. The van der Waals surface area contributed by atoms with E-state index in [2.05, 4.69) is 38.1 Å². The monoisotopic (exact) mass is 444 g/mol. The van der Waals surface area contributed by atoms with Gasteiger partial charge in [0.15, 0.2) is 0 Å². The largest absolute Gasteiger partial charge is 0.481 e. The lowest BCUT2D eigenvalue weighted by Crippen LogP contribution is -2.39. The maximum absolute atomic E-state index is 13.2. The minimum Gasteiger partial charge on any atom is -0.481 e. The number of aliphatic carboxylic acids is 1. The highest BCUT2D eigenvalue weighted by molar-refractivity contribution is 5.79. The number of carbonyl (C=O) groups is 2. The van der Waals surface area contributed by atoms with E-state index in [1.54, 1.807) is 13.8 Å². The van der Waals surface area contributed by atoms with E-state index >= 15 is 0 Å². The highest BCUT2D eigenvalue weighted by Gasteiger charge is 2.43. The first-order chi connectivity index (χ1) is 15.0. The zero-order chi connectivity index (χ0) is 23.8. The molecule has 1 aromatic carbocycles. The lowest BCUT2D eigenvalue weighted by atomic mass is 9.70. The van der Waals surface area contributed by atoms with Crippen LogP contribution in [0.3, 0.4) is 0 Å². The van der Waals surface area contributed by atoms with Crippen molar-refractivity contribution in [1.29, 1.82) is 0 Å². The summed E-state index contributed by atoms with van der Waals surface area (Å²) in [5, 5.41) is 9.67. The van der Waals surface area contributed by atoms with Crippen molar-refractivity contribution < 1.29 is 19.4 Å². The van der Waals surface area contributed by atoms with Crippen molar-refractivity contribution >= 4 is 11.9 Å². The summed E-state index contributed by atoms with van der Waals surface area (Å²) in [5.41, 5.74) is -0.365. The summed E-state index contributed by atoms with van der Waals surface area (Å²) in [5.74, 6) is -0.634. The predicted molar refractivity (Wildman–Crippen MR) is 130 cm³/mol. The third-order valence-corrected chi connectivity index (χ3v) is 7.41. The Bertz CT molecular complexity index is 731. The maximum atomic E-state index is 13.2. The zero-order valence-electron chi connectivity index (χ0n) is 20.9. The summed E-state index contributed by atoms with van der Waals surface area (Å²) < 4.78 is 5.81. The van der Waals surface area contributed by atoms with Crippen molar-refractivity contribution in [1.82, 2.24) is 0 Å². The van der Waals surface area contributed by atoms with Crippen LogP contribution in [0.1, 0.15) is 104 Å². The SMILES string of the molecule is CC(C)(CC(C)(CCCCC(C)(C)c1ccccc1)C(=O)OCC1CCCCC1)C(=O)O. The Labute approximate surface area is 195 Å². The van der Waals surface area contributed by atoms with E-state index in [4.69, 9.17) is 4.74 Å². The topological polar surface area (TPSA) is 63.6 Å². The molecule has 1 fully saturated rings. The molecule has 1 aliphatic rings. The molecular weight excluding hydrogens is 400 g/mol. The molecule has 1 aliphatic carbocycles. The average molecular weight is 445 g/mol. The van der Waals surface area contributed by atoms with Crippen LogP contribution in [0, 0.1) is 16.7 Å². The molecular formula is C28H44O4. The fraction of sp³-hybridized carbons (Fsp3) is 0.714. The molecule has 1 N–H and O–H groups in total. The van der Waals surface area contributed by atoms with E-state index in [9.17, 15) is 14.7 Å². The molecule has 1 saturated carbocycles. The van der Waals surface area contributed by atoms with Crippen molar-refractivity contribution in [3.8, 4) is 0 Å². The third-order valence-electron chi connectivity index (χ3n) is 7.41. The molecule has 1 unspecified atom stereocenters. The molecule has 32 heavy (non-hydrogen) atoms. The Morgan fingerprint density at radius 2 is 1.53 bits per heavy atom. The van der Waals surface area contributed by atoms with Gasteiger partial charge in [0, 0.05) is 0 Å². The van der Waals surface area contributed by atoms with Gasteiger partial charge in [0.25, 0.3) is 0 Å². The number of esters is 1. The van der Waals surface area contributed by atoms with Gasteiger partial charge in [-0.25, -0.2) is 0 Å². The second kappa shape index (κ2) is 11.3. The van der Waals surface area contributed by atoms with Crippen molar-refractivity contribution in [3.05, 3.63) is 35.9 Å². The highest BCUT2D eigenvalue weighted by Crippen LogP contribution is 2.40. The molecule has 0 saturated heterocycles. The molecule has 4 heteroatoms. The van der Waals surface area contributed by atoms with Crippen LogP contribution in [-0.4, -0.2) is 23.7 Å². The van der Waals surface area contributed by atoms with E-state index in [-0.39, 0.29) is 11.4 Å². The van der Waals surface area contributed by atoms with E-state index in [0.29, 0.717) is 25.4 Å². The van der Waals surface area contributed by atoms with Crippen LogP contribution in [0.2, 0.25) is 0 Å². The Balaban J connectivity index is 1.98. The van der Waals surface area contributed by atoms with Gasteiger partial charge >= 0.3 is 11.9 Å². The van der Waals surface area contributed by atoms with Crippen LogP contribution in [0.25, 0.3) is 0 Å². The number of carboxylic acid groups (broad SMARTS) is 1. The first-order valence-corrected chi connectivity index (χ1v) is 12.4. The fourth-order valence-electron chi connectivity index (χ4n) is 5.15. The summed E-state index contributed by atoms with van der Waals surface area (Å²) >= 11 is 0. The highest BCUT2D eigenvalue weighted by atomic mass is 16.5. The van der Waals surface area contributed by atoms with Crippen LogP contribution < -0.4 is 0 Å². The first-order valence-electron chi connectivity index (χ1n) is 12.4. The smallest absolute Gasteiger partial charge is 0.311 e. The zero-order valence-corrected chi connectivity index (χ0v) is 20.9. The molecule has 1 aromatic rings. The molecule has 0 spiro atoms. The molecule has 0 amide bonds. The van der Waals surface area contributed by atoms with Crippen molar-refractivity contribution in [2.75, 3.05) is 6.61 Å². The van der Waals surface area contributed by atoms with Crippen molar-refractivity contribution in [2.45, 2.75) is 104 Å². The lowest BCUT2D eigenvalue weighted by molar-refractivity contribution is -0.162. The molecule has 2 rings (SSSR count). The second-order valence-electron chi connectivity index (χ2n) is 11.5. The Kier molecular flexibility index (Phi) is 9.36. The van der Waals surface area contributed by atoms with Crippen molar-refractivity contribution in [2.24, 2.45) is 16.7 Å². The Hall–Kier alpha value is -1.84. The first kappa shape index (κ1) is 26.4. The Morgan fingerprint density at radius 1 is 0.938 bits per heavy atom. The summed E-state index contributed by atoms with van der Waals surface area (Å²) in [6.07, 6.45) is 9.77. The summed E-state index contributed by atoms with van der Waals surface area (Å²) in [4.78, 5) is 25.0. The molecule has 0 radical (unpaired) electrons. The number of carboxylic acids is 1. The number of benzene rings is 1. The van der Waals surface area contributed by atoms with Crippen LogP contribution in [-0.2, 0) is 19.7 Å². The molecule has 1 atom stereocenters. The normalized spacial score (nSPS) is 17.5. The number of rotatable bonds is 12. The average Bonchev–Trinajstić information content (AvgIpc) is 2.76. The van der Waals surface area contributed by atoms with Crippen LogP contribution >= 0.6 is 0 Å². The number of ether oxygens (including phenoxy) is 1. The van der Waals surface area contributed by atoms with Gasteiger partial charge in [-0.15, -0.1) is 0 Å². The van der Waals surface area contributed by atoms with Gasteiger partial charge in [0.2, 0.25) is 0 Å². The quantitative estimate of drug-likeness (QED) is 0.274. The van der Waals surface area contributed by atoms with Gasteiger partial charge in [-0.1, -0.05) is 76.3 Å². The fourth-order valence-corrected chi connectivity index (χ4v) is 5.15. The standard InChI is InChI=1S/C28H44O4/c1-26(2,23-16-10-7-11-17-23)18-12-13-19-28(5,21-27(3,4)24(29)30)25(31)32-20-22-14-8-6-9-15-22/h7,10-11,16-17,22H,6,8-9,12-15,18-21H2,1-5H3,(H,29,30). The minimum absolute atomic E-state index is 0.0689. The third kappa shape index (κ3) is 7.64. The number of hydrogen-bond donors (Lipinski definition) is 1. The molecule has 4 nitrogen and oxygen atoms in total. The number of carbonyl (C=O) groups excluding carboxylic acids is 1. The van der Waals surface area contributed by atoms with Gasteiger partial charge in [0.05, 0.1) is 17.4 Å². The number of unbranched alkanes of at least 4 members (excludes halogenated alkanes) is 1. The van der Waals surface area contributed by atoms with Gasteiger partial charge in [0.1, 0.15) is 0 Å². The second-order valence-corrected chi connectivity index (χ2v) is 11.5. The lowest BCUT2D eigenvalue weighted by Gasteiger charge is -2.34. The minimum atomic E-state index is -0.970. The predicted octanol–water partition coefficient (Wildman–Crippen LogP) is 7.16. The van der Waals surface area contributed by atoms with E-state index in [0.717, 1.165) is 32.1 Å². The molecule has 0 heterocycles. The van der Waals surface area contributed by atoms with Gasteiger partial charge < -0.3 is 9.84 Å². The summed E-state index contributed by atoms with van der Waals surface area (Å²) in [6.45, 7) is 10.3. The van der Waals surface area contributed by atoms with Crippen molar-refractivity contribution in [3.63, 3.8) is 0 Å². The van der Waals surface area contributed by atoms with E-state index < -0.39 is 16.8 Å². The van der Waals surface area contributed by atoms with Gasteiger partial charge in [-0.05, 0) is 69.8 Å². The molecule has 0 aliphatic heterocycles. The van der Waals surface area contributed by atoms with E-state index in [1.165, 1.54) is 24.8 Å². The van der Waals surface area contributed by atoms with Gasteiger partial charge in [-0.2, -0.15) is 0 Å². The van der Waals surface area contributed by atoms with Crippen LogP contribution in [0.15, 0.2) is 30.3 Å². The Morgan fingerprint density at radius 3 is 2.12 bits per heavy atom. The molecule has 180 valence electrons. The van der Waals surface area contributed by atoms with Gasteiger partial charge in [-0.3, -0.25) is 9.59 Å². The van der Waals surface area contributed by atoms with E-state index in [1.807, 2.05) is 13.0 Å². The maximum Gasteiger partial charge on any atom is 0.311 e. The summed E-state index contributed by atoms with van der Waals surface area (Å²) in [6, 6.07) is 10.5. The van der Waals surface area contributed by atoms with Crippen LogP contribution in [0.5, 0.6) is 0 Å².